The van der Waals surface area contributed by atoms with E-state index in [1.54, 1.807) is 36.4 Å². The molecule has 6 nitrogen and oxygen atoms in total. The molecule has 0 aliphatic carbocycles. The minimum atomic E-state index is -3.27. The van der Waals surface area contributed by atoms with E-state index >= 15 is 0 Å². The van der Waals surface area contributed by atoms with Gasteiger partial charge in [0.05, 0.1) is 22.3 Å². The van der Waals surface area contributed by atoms with Gasteiger partial charge in [0.15, 0.2) is 9.84 Å². The number of hydrogen-bond donors (Lipinski definition) is 2. The van der Waals surface area contributed by atoms with Crippen LogP contribution in [0.4, 0.5) is 16.2 Å². The van der Waals surface area contributed by atoms with Crippen molar-refractivity contribution in [2.75, 3.05) is 16.4 Å². The molecule has 0 aromatic heterocycles. The van der Waals surface area contributed by atoms with Gasteiger partial charge in [0.25, 0.3) is 0 Å². The lowest BCUT2D eigenvalue weighted by Gasteiger charge is -2.17. The van der Waals surface area contributed by atoms with Gasteiger partial charge in [-0.2, -0.15) is 5.26 Å². The van der Waals surface area contributed by atoms with Crippen LogP contribution in [0.1, 0.15) is 17.5 Å². The third-order valence-electron chi connectivity index (χ3n) is 3.79. The highest BCUT2D eigenvalue weighted by molar-refractivity contribution is 7.91. The summed E-state index contributed by atoms with van der Waals surface area (Å²) >= 11 is 0. The number of nitriles is 1. The van der Waals surface area contributed by atoms with Crippen molar-refractivity contribution in [3.63, 3.8) is 0 Å². The maximum absolute atomic E-state index is 12.1. The first-order valence-corrected chi connectivity index (χ1v) is 9.07. The molecule has 0 unspecified atom stereocenters. The van der Waals surface area contributed by atoms with E-state index < -0.39 is 15.9 Å². The van der Waals surface area contributed by atoms with Crippen molar-refractivity contribution in [3.05, 3.63) is 53.6 Å². The predicted molar refractivity (Wildman–Crippen MR) is 90.6 cm³/mol. The van der Waals surface area contributed by atoms with E-state index in [-0.39, 0.29) is 5.75 Å². The van der Waals surface area contributed by atoms with Crippen LogP contribution in [0.25, 0.3) is 0 Å². The Bertz CT molecular complexity index is 929. The summed E-state index contributed by atoms with van der Waals surface area (Å²) < 4.78 is 24.2. The van der Waals surface area contributed by atoms with Crippen LogP contribution in [0.5, 0.6) is 0 Å². The lowest BCUT2D eigenvalue weighted by atomic mass is 10.1. The monoisotopic (exact) mass is 341 g/mol. The number of sulfone groups is 1. The average Bonchev–Trinajstić information content (AvgIpc) is 2.56. The average molecular weight is 341 g/mol. The summed E-state index contributed by atoms with van der Waals surface area (Å²) in [4.78, 5) is 12.3. The number of carbonyl (C=O) groups excluding carboxylic acids is 1. The lowest BCUT2D eigenvalue weighted by Crippen LogP contribution is -2.21. The molecule has 3 rings (SSSR count). The Labute approximate surface area is 140 Å². The first kappa shape index (κ1) is 16.0. The third-order valence-corrected chi connectivity index (χ3v) is 5.67. The summed E-state index contributed by atoms with van der Waals surface area (Å²) in [6.45, 7) is 0. The van der Waals surface area contributed by atoms with E-state index in [4.69, 9.17) is 5.26 Å². The Hall–Kier alpha value is -2.85. The topological polar surface area (TPSA) is 99.1 Å². The van der Waals surface area contributed by atoms with Gasteiger partial charge in [-0.3, -0.25) is 0 Å². The smallest absolute Gasteiger partial charge is 0.308 e. The van der Waals surface area contributed by atoms with Gasteiger partial charge in [0.1, 0.15) is 0 Å². The molecule has 7 heteroatoms. The number of carbonyl (C=O) groups is 1. The molecule has 2 amide bonds. The Balaban J connectivity index is 1.74. The number of benzene rings is 2. The van der Waals surface area contributed by atoms with Crippen molar-refractivity contribution >= 4 is 27.2 Å². The van der Waals surface area contributed by atoms with Gasteiger partial charge in [0.2, 0.25) is 0 Å². The van der Waals surface area contributed by atoms with E-state index in [0.717, 1.165) is 12.0 Å². The largest absolute Gasteiger partial charge is 0.323 e. The summed E-state index contributed by atoms with van der Waals surface area (Å²) in [6, 6.07) is 12.9. The van der Waals surface area contributed by atoms with Crippen LogP contribution in [-0.4, -0.2) is 20.2 Å². The normalized spacial score (nSPS) is 15.0. The molecule has 0 saturated heterocycles. The molecule has 1 aliphatic heterocycles. The van der Waals surface area contributed by atoms with Crippen molar-refractivity contribution in [2.45, 2.75) is 17.7 Å². The van der Waals surface area contributed by atoms with Gasteiger partial charge in [-0.1, -0.05) is 6.07 Å². The molecule has 24 heavy (non-hydrogen) atoms. The molecule has 0 bridgehead atoms. The molecule has 1 heterocycles. The van der Waals surface area contributed by atoms with Crippen molar-refractivity contribution in [1.29, 1.82) is 5.26 Å². The highest BCUT2D eigenvalue weighted by Gasteiger charge is 2.23. The second kappa shape index (κ2) is 6.34. The fourth-order valence-electron chi connectivity index (χ4n) is 2.61. The van der Waals surface area contributed by atoms with E-state index in [0.29, 0.717) is 28.3 Å². The minimum Gasteiger partial charge on any atom is -0.308 e. The van der Waals surface area contributed by atoms with Gasteiger partial charge in [-0.05, 0) is 54.8 Å². The first-order chi connectivity index (χ1) is 11.5. The standard InChI is InChI=1S/C17H15N3O3S/c18-11-12-3-6-14(7-4-12)19-17(21)20-15-8-5-13-2-1-9-24(22,23)16(13)10-15/h3-8,10H,1-2,9H2,(H2,19,20,21). The molecule has 2 N–H and O–H groups in total. The molecule has 2 aromatic rings. The third kappa shape index (κ3) is 3.39. The number of nitrogens with zero attached hydrogens (tertiary/aromatic N) is 1. The van der Waals surface area contributed by atoms with Crippen LogP contribution in [0.2, 0.25) is 0 Å². The number of rotatable bonds is 2. The second-order valence-electron chi connectivity index (χ2n) is 5.51. The number of amides is 2. The fraction of sp³-hybridized carbons (Fsp3) is 0.176. The van der Waals surface area contributed by atoms with Crippen molar-refractivity contribution < 1.29 is 13.2 Å². The second-order valence-corrected chi connectivity index (χ2v) is 7.59. The molecule has 0 radical (unpaired) electrons. The van der Waals surface area contributed by atoms with Gasteiger partial charge in [-0.25, -0.2) is 13.2 Å². The van der Waals surface area contributed by atoms with Crippen LogP contribution < -0.4 is 10.6 Å². The van der Waals surface area contributed by atoms with E-state index in [9.17, 15) is 13.2 Å². The molecular weight excluding hydrogens is 326 g/mol. The van der Waals surface area contributed by atoms with E-state index in [1.165, 1.54) is 6.07 Å². The maximum atomic E-state index is 12.1. The van der Waals surface area contributed by atoms with Crippen molar-refractivity contribution in [1.82, 2.24) is 0 Å². The molecule has 2 aromatic carbocycles. The molecule has 0 atom stereocenters. The molecule has 122 valence electrons. The van der Waals surface area contributed by atoms with Gasteiger partial charge in [-0.15, -0.1) is 0 Å². The van der Waals surface area contributed by atoms with Gasteiger partial charge < -0.3 is 10.6 Å². The zero-order valence-corrected chi connectivity index (χ0v) is 13.6. The van der Waals surface area contributed by atoms with Crippen LogP contribution in [0.3, 0.4) is 0 Å². The highest BCUT2D eigenvalue weighted by atomic mass is 32.2. The maximum Gasteiger partial charge on any atom is 0.323 e. The number of aryl methyl sites for hydroxylation is 1. The fourth-order valence-corrected chi connectivity index (χ4v) is 4.23. The zero-order chi connectivity index (χ0) is 17.2. The SMILES string of the molecule is N#Cc1ccc(NC(=O)Nc2ccc3c(c2)S(=O)(=O)CCC3)cc1. The lowest BCUT2D eigenvalue weighted by molar-refractivity contribution is 0.262. The number of fused-ring (bicyclic) bond motifs is 1. The van der Waals surface area contributed by atoms with Crippen LogP contribution >= 0.6 is 0 Å². The molecular formula is C17H15N3O3S. The van der Waals surface area contributed by atoms with Crippen molar-refractivity contribution in [3.8, 4) is 6.07 Å². The summed E-state index contributed by atoms with van der Waals surface area (Å²) in [5.41, 5.74) is 2.25. The van der Waals surface area contributed by atoms with Gasteiger partial charge in [0, 0.05) is 11.4 Å². The Morgan fingerprint density at radius 2 is 1.71 bits per heavy atom. The van der Waals surface area contributed by atoms with Crippen LogP contribution in [-0.2, 0) is 16.3 Å². The summed E-state index contributed by atoms with van der Waals surface area (Å²) in [6.07, 6.45) is 1.35. The van der Waals surface area contributed by atoms with E-state index in [1.807, 2.05) is 6.07 Å². The van der Waals surface area contributed by atoms with Gasteiger partial charge >= 0.3 is 6.03 Å². The predicted octanol–water partition coefficient (Wildman–Crippen LogP) is 2.92. The summed E-state index contributed by atoms with van der Waals surface area (Å²) in [7, 11) is -3.27. The Kier molecular flexibility index (Phi) is 4.23. The molecule has 1 aliphatic rings. The minimum absolute atomic E-state index is 0.140. The number of hydrogen-bond acceptors (Lipinski definition) is 4. The number of nitrogens with one attached hydrogen (secondary N) is 2. The molecule has 0 fully saturated rings. The molecule has 0 spiro atoms. The van der Waals surface area contributed by atoms with Crippen LogP contribution in [0, 0.1) is 11.3 Å². The number of urea groups is 1. The summed E-state index contributed by atoms with van der Waals surface area (Å²) in [5.74, 6) is 0.140. The Morgan fingerprint density at radius 3 is 2.42 bits per heavy atom. The van der Waals surface area contributed by atoms with Crippen molar-refractivity contribution in [2.24, 2.45) is 0 Å². The zero-order valence-electron chi connectivity index (χ0n) is 12.7. The Morgan fingerprint density at radius 1 is 1.04 bits per heavy atom. The summed E-state index contributed by atoms with van der Waals surface area (Å²) in [5, 5.41) is 14.0. The molecule has 0 saturated carbocycles. The first-order valence-electron chi connectivity index (χ1n) is 7.42. The quantitative estimate of drug-likeness (QED) is 0.877. The number of anilines is 2. The van der Waals surface area contributed by atoms with E-state index in [2.05, 4.69) is 10.6 Å². The highest BCUT2D eigenvalue weighted by Crippen LogP contribution is 2.27. The van der Waals surface area contributed by atoms with Crippen LogP contribution in [0.15, 0.2) is 47.4 Å².